The van der Waals surface area contributed by atoms with Gasteiger partial charge in [0.1, 0.15) is 12.4 Å². The van der Waals surface area contributed by atoms with Crippen molar-refractivity contribution in [3.05, 3.63) is 104 Å². The lowest BCUT2D eigenvalue weighted by molar-refractivity contribution is -0.384. The summed E-state index contributed by atoms with van der Waals surface area (Å²) in [5, 5.41) is 10.9. The Morgan fingerprint density at radius 1 is 1.03 bits per heavy atom. The fraction of sp³-hybridized carbons (Fsp3) is 0.240. The minimum atomic E-state index is -0.860. The summed E-state index contributed by atoms with van der Waals surface area (Å²) in [6.45, 7) is 2.56. The van der Waals surface area contributed by atoms with E-state index in [1.165, 1.54) is 24.3 Å². The number of hydrogen-bond acceptors (Lipinski definition) is 5. The van der Waals surface area contributed by atoms with Crippen LogP contribution in [0.15, 0.2) is 60.7 Å². The highest BCUT2D eigenvalue weighted by Crippen LogP contribution is 2.29. The predicted molar refractivity (Wildman–Crippen MR) is 126 cm³/mol. The number of non-ortho nitro benzene ring substituents is 1. The number of carbonyl (C=O) groups is 1. The topological polar surface area (TPSA) is 75.9 Å². The van der Waals surface area contributed by atoms with E-state index in [9.17, 15) is 23.7 Å². The van der Waals surface area contributed by atoms with Crippen molar-refractivity contribution in [3.8, 4) is 5.75 Å². The van der Waals surface area contributed by atoms with Crippen LogP contribution in [0.2, 0.25) is 5.02 Å². The molecule has 35 heavy (non-hydrogen) atoms. The smallest absolute Gasteiger partial charge is 0.271 e. The van der Waals surface area contributed by atoms with E-state index in [1.807, 2.05) is 4.90 Å². The number of amides is 1. The van der Waals surface area contributed by atoms with Crippen LogP contribution in [0.3, 0.4) is 0 Å². The molecule has 0 saturated carbocycles. The van der Waals surface area contributed by atoms with Gasteiger partial charge in [0.2, 0.25) is 0 Å². The van der Waals surface area contributed by atoms with Gasteiger partial charge < -0.3 is 9.64 Å². The Morgan fingerprint density at radius 2 is 1.74 bits per heavy atom. The van der Waals surface area contributed by atoms with Crippen LogP contribution in [0.1, 0.15) is 21.5 Å². The molecule has 1 saturated heterocycles. The van der Waals surface area contributed by atoms with Crippen molar-refractivity contribution >= 4 is 23.2 Å². The number of nitro groups is 1. The lowest BCUT2D eigenvalue weighted by atomic mass is 10.1. The minimum absolute atomic E-state index is 0.104. The highest BCUT2D eigenvalue weighted by Gasteiger charge is 2.23. The monoisotopic (exact) mass is 501 g/mol. The maximum absolute atomic E-state index is 13.9. The van der Waals surface area contributed by atoms with Crippen molar-refractivity contribution in [2.75, 3.05) is 26.2 Å². The summed E-state index contributed by atoms with van der Waals surface area (Å²) in [5.41, 5.74) is 1.52. The lowest BCUT2D eigenvalue weighted by Gasteiger charge is -2.34. The molecule has 0 aliphatic carbocycles. The Kier molecular flexibility index (Phi) is 7.57. The molecule has 0 unspecified atom stereocenters. The Balaban J connectivity index is 1.29. The molecule has 1 fully saturated rings. The van der Waals surface area contributed by atoms with E-state index in [1.54, 1.807) is 35.2 Å². The second-order valence-electron chi connectivity index (χ2n) is 8.14. The molecule has 1 heterocycles. The van der Waals surface area contributed by atoms with Gasteiger partial charge in [0.15, 0.2) is 11.6 Å². The van der Waals surface area contributed by atoms with Crippen LogP contribution < -0.4 is 4.74 Å². The second-order valence-corrected chi connectivity index (χ2v) is 8.55. The highest BCUT2D eigenvalue weighted by molar-refractivity contribution is 6.32. The number of ether oxygens (including phenoxy) is 1. The van der Waals surface area contributed by atoms with Crippen LogP contribution in [0, 0.1) is 21.7 Å². The predicted octanol–water partition coefficient (Wildman–Crippen LogP) is 5.06. The fourth-order valence-electron chi connectivity index (χ4n) is 3.83. The first-order valence-corrected chi connectivity index (χ1v) is 11.3. The third-order valence-corrected chi connectivity index (χ3v) is 6.10. The van der Waals surface area contributed by atoms with Gasteiger partial charge in [-0.1, -0.05) is 35.9 Å². The van der Waals surface area contributed by atoms with Gasteiger partial charge in [0, 0.05) is 56.0 Å². The summed E-state index contributed by atoms with van der Waals surface area (Å²) in [5.74, 6) is -1.46. The van der Waals surface area contributed by atoms with Crippen molar-refractivity contribution in [1.82, 2.24) is 9.80 Å². The molecule has 0 bridgehead atoms. The van der Waals surface area contributed by atoms with Crippen LogP contribution in [0.25, 0.3) is 0 Å². The average molecular weight is 502 g/mol. The summed E-state index contributed by atoms with van der Waals surface area (Å²) in [7, 11) is 0. The van der Waals surface area contributed by atoms with Crippen molar-refractivity contribution in [2.45, 2.75) is 13.2 Å². The molecule has 182 valence electrons. The van der Waals surface area contributed by atoms with Gasteiger partial charge in [-0.3, -0.25) is 19.8 Å². The summed E-state index contributed by atoms with van der Waals surface area (Å²) >= 11 is 6.04. The zero-order valence-corrected chi connectivity index (χ0v) is 19.4. The van der Waals surface area contributed by atoms with Crippen molar-refractivity contribution < 1.29 is 23.2 Å². The molecule has 1 aliphatic heterocycles. The zero-order chi connectivity index (χ0) is 24.9. The first kappa shape index (κ1) is 24.6. The van der Waals surface area contributed by atoms with E-state index in [0.717, 1.165) is 11.6 Å². The number of piperazine rings is 1. The molecule has 0 spiro atoms. The van der Waals surface area contributed by atoms with E-state index in [4.69, 9.17) is 16.3 Å². The zero-order valence-electron chi connectivity index (χ0n) is 18.6. The number of halogens is 3. The van der Waals surface area contributed by atoms with Gasteiger partial charge in [-0.2, -0.15) is 0 Å². The second kappa shape index (κ2) is 10.8. The van der Waals surface area contributed by atoms with Gasteiger partial charge in [-0.05, 0) is 29.8 Å². The maximum atomic E-state index is 13.9. The first-order valence-electron chi connectivity index (χ1n) is 10.9. The van der Waals surface area contributed by atoms with Crippen LogP contribution in [0.4, 0.5) is 14.5 Å². The molecular weight excluding hydrogens is 480 g/mol. The molecule has 3 aromatic carbocycles. The van der Waals surface area contributed by atoms with Crippen LogP contribution in [-0.4, -0.2) is 46.8 Å². The first-order chi connectivity index (χ1) is 16.8. The number of hydrogen-bond donors (Lipinski definition) is 0. The number of rotatable bonds is 7. The van der Waals surface area contributed by atoms with E-state index < -0.39 is 16.6 Å². The third-order valence-electron chi connectivity index (χ3n) is 5.81. The molecule has 4 rings (SSSR count). The van der Waals surface area contributed by atoms with Crippen LogP contribution in [-0.2, 0) is 13.2 Å². The lowest BCUT2D eigenvalue weighted by Crippen LogP contribution is -2.48. The molecule has 3 aromatic rings. The van der Waals surface area contributed by atoms with Gasteiger partial charge in [-0.15, -0.1) is 0 Å². The summed E-state index contributed by atoms with van der Waals surface area (Å²) in [6.07, 6.45) is 0. The van der Waals surface area contributed by atoms with Gasteiger partial charge in [0.25, 0.3) is 11.6 Å². The number of benzene rings is 3. The van der Waals surface area contributed by atoms with E-state index in [2.05, 4.69) is 0 Å². The molecule has 1 aliphatic rings. The molecular formula is C25H22ClF2N3O4. The minimum Gasteiger partial charge on any atom is -0.487 e. The van der Waals surface area contributed by atoms with Crippen molar-refractivity contribution in [1.29, 1.82) is 0 Å². The van der Waals surface area contributed by atoms with Crippen LogP contribution >= 0.6 is 11.6 Å². The Bertz CT molecular complexity index is 1230. The molecule has 0 aromatic heterocycles. The quantitative estimate of drug-likeness (QED) is 0.334. The standard InChI is InChI=1S/C25H22ClF2N3O4/c26-21-14-20(31(33)34)8-9-23(21)35-16-17-4-6-18(7-5-17)25(32)30-12-10-29(11-13-30)15-19-2-1-3-22(27)24(19)28/h1-9,14H,10-13,15-16H2. The number of carbonyl (C=O) groups excluding carboxylic acids is 1. The SMILES string of the molecule is O=C(c1ccc(COc2ccc([N+](=O)[O-])cc2Cl)cc1)N1CCN(Cc2cccc(F)c2F)CC1. The summed E-state index contributed by atoms with van der Waals surface area (Å²) in [4.78, 5) is 26.9. The largest absolute Gasteiger partial charge is 0.487 e. The Hall–Kier alpha value is -3.56. The van der Waals surface area contributed by atoms with Crippen molar-refractivity contribution in [3.63, 3.8) is 0 Å². The Labute approximate surface area is 205 Å². The van der Waals surface area contributed by atoms with Gasteiger partial charge in [-0.25, -0.2) is 8.78 Å². The normalized spacial score (nSPS) is 14.1. The summed E-state index contributed by atoms with van der Waals surface area (Å²) in [6, 6.07) is 15.1. The average Bonchev–Trinajstić information content (AvgIpc) is 2.86. The van der Waals surface area contributed by atoms with Crippen molar-refractivity contribution in [2.24, 2.45) is 0 Å². The molecule has 10 heteroatoms. The molecule has 7 nitrogen and oxygen atoms in total. The number of nitrogens with zero attached hydrogens (tertiary/aromatic N) is 3. The van der Waals surface area contributed by atoms with Crippen LogP contribution in [0.5, 0.6) is 5.75 Å². The molecule has 1 amide bonds. The fourth-order valence-corrected chi connectivity index (χ4v) is 4.06. The highest BCUT2D eigenvalue weighted by atomic mass is 35.5. The van der Waals surface area contributed by atoms with Gasteiger partial charge >= 0.3 is 0 Å². The summed E-state index contributed by atoms with van der Waals surface area (Å²) < 4.78 is 33.0. The van der Waals surface area contributed by atoms with E-state index in [0.29, 0.717) is 49.6 Å². The third kappa shape index (κ3) is 5.93. The van der Waals surface area contributed by atoms with E-state index in [-0.39, 0.29) is 23.2 Å². The molecule has 0 atom stereocenters. The van der Waals surface area contributed by atoms with Gasteiger partial charge in [0.05, 0.1) is 9.95 Å². The van der Waals surface area contributed by atoms with E-state index >= 15 is 0 Å². The Morgan fingerprint density at radius 3 is 2.40 bits per heavy atom. The maximum Gasteiger partial charge on any atom is 0.271 e. The number of nitro benzene ring substituents is 1. The molecule has 0 N–H and O–H groups in total. The molecule has 0 radical (unpaired) electrons.